The van der Waals surface area contributed by atoms with E-state index in [4.69, 9.17) is 18.9 Å². The number of carbonyl (C=O) groups excluding carboxylic acids is 2. The Kier molecular flexibility index (Phi) is 9.10. The Labute approximate surface area is 188 Å². The molecule has 3 rings (SSSR count). The van der Waals surface area contributed by atoms with E-state index in [1.165, 1.54) is 0 Å². The van der Waals surface area contributed by atoms with Gasteiger partial charge in [-0.25, -0.2) is 4.79 Å². The van der Waals surface area contributed by atoms with Gasteiger partial charge in [-0.15, -0.1) is 0 Å². The van der Waals surface area contributed by atoms with Gasteiger partial charge in [-0.05, 0) is 25.0 Å². The molecule has 32 heavy (non-hydrogen) atoms. The molecule has 0 aliphatic carbocycles. The zero-order valence-electron chi connectivity index (χ0n) is 18.6. The maximum absolute atomic E-state index is 13.2. The van der Waals surface area contributed by atoms with Crippen LogP contribution >= 0.6 is 0 Å². The molecule has 0 spiro atoms. The van der Waals surface area contributed by atoms with Gasteiger partial charge in [0, 0.05) is 13.7 Å². The number of anilines is 1. The predicted molar refractivity (Wildman–Crippen MR) is 117 cm³/mol. The summed E-state index contributed by atoms with van der Waals surface area (Å²) in [5.74, 6) is 0.450. The summed E-state index contributed by atoms with van der Waals surface area (Å²) < 4.78 is 22.0. The van der Waals surface area contributed by atoms with Crippen molar-refractivity contribution in [3.63, 3.8) is 0 Å². The number of nitrogens with one attached hydrogen (secondary N) is 2. The van der Waals surface area contributed by atoms with E-state index >= 15 is 0 Å². The van der Waals surface area contributed by atoms with Crippen LogP contribution in [0.2, 0.25) is 0 Å². The Bertz CT molecular complexity index is 763. The maximum atomic E-state index is 13.2. The Morgan fingerprint density at radius 1 is 1.22 bits per heavy atom. The van der Waals surface area contributed by atoms with E-state index in [0.717, 1.165) is 0 Å². The number of benzene rings is 1. The number of β-amino-alcohol motifs (C(OH)–C–C–N with tert-alkyl or cyclic N) is 1. The average Bonchev–Trinajstić information content (AvgIpc) is 2.77. The van der Waals surface area contributed by atoms with Crippen molar-refractivity contribution in [2.75, 3.05) is 52.4 Å². The third-order valence-corrected chi connectivity index (χ3v) is 5.63. The van der Waals surface area contributed by atoms with E-state index in [1.54, 1.807) is 31.3 Å². The molecule has 2 saturated heterocycles. The van der Waals surface area contributed by atoms with Gasteiger partial charge in [0.15, 0.2) is 0 Å². The van der Waals surface area contributed by atoms with Crippen molar-refractivity contribution in [2.24, 2.45) is 0 Å². The smallest absolute Gasteiger partial charge is 0.322 e. The number of methoxy groups -OCH3 is 2. The molecule has 3 N–H and O–H groups in total. The molecule has 0 unspecified atom stereocenters. The highest BCUT2D eigenvalue weighted by molar-refractivity contribution is 5.91. The number of rotatable bonds is 7. The van der Waals surface area contributed by atoms with Gasteiger partial charge in [0.1, 0.15) is 11.9 Å². The van der Waals surface area contributed by atoms with Crippen LogP contribution in [0.25, 0.3) is 0 Å². The zero-order valence-corrected chi connectivity index (χ0v) is 18.6. The topological polar surface area (TPSA) is 119 Å². The van der Waals surface area contributed by atoms with E-state index in [-0.39, 0.29) is 50.3 Å². The number of urea groups is 1. The average molecular weight is 452 g/mol. The monoisotopic (exact) mass is 451 g/mol. The fraction of sp³-hybridized carbons (Fsp3) is 0.636. The van der Waals surface area contributed by atoms with Gasteiger partial charge in [-0.3, -0.25) is 4.79 Å². The summed E-state index contributed by atoms with van der Waals surface area (Å²) in [6.45, 7) is 1.36. The molecule has 0 radical (unpaired) electrons. The summed E-state index contributed by atoms with van der Waals surface area (Å²) in [7, 11) is 3.12. The third-order valence-electron chi connectivity index (χ3n) is 5.63. The fourth-order valence-corrected chi connectivity index (χ4v) is 4.08. The van der Waals surface area contributed by atoms with Crippen molar-refractivity contribution in [1.29, 1.82) is 0 Å². The van der Waals surface area contributed by atoms with Gasteiger partial charge in [-0.1, -0.05) is 12.1 Å². The van der Waals surface area contributed by atoms with E-state index < -0.39 is 12.2 Å². The van der Waals surface area contributed by atoms with Crippen molar-refractivity contribution in [3.8, 4) is 5.75 Å². The highest BCUT2D eigenvalue weighted by Crippen LogP contribution is 2.29. The number of ether oxygens (including phenoxy) is 4. The van der Waals surface area contributed by atoms with E-state index in [0.29, 0.717) is 37.4 Å². The van der Waals surface area contributed by atoms with Crippen LogP contribution in [-0.4, -0.2) is 93.4 Å². The highest BCUT2D eigenvalue weighted by atomic mass is 16.5. The van der Waals surface area contributed by atoms with Crippen molar-refractivity contribution >= 4 is 17.6 Å². The Hall–Kier alpha value is -2.40. The minimum absolute atomic E-state index is 0.0987. The van der Waals surface area contributed by atoms with Gasteiger partial charge in [-0.2, -0.15) is 0 Å². The highest BCUT2D eigenvalue weighted by Gasteiger charge is 2.40. The van der Waals surface area contributed by atoms with Gasteiger partial charge >= 0.3 is 6.03 Å². The molecule has 2 fully saturated rings. The Morgan fingerprint density at radius 2 is 2.03 bits per heavy atom. The van der Waals surface area contributed by atoms with Crippen LogP contribution in [0.3, 0.4) is 0 Å². The fourth-order valence-electron chi connectivity index (χ4n) is 4.08. The summed E-state index contributed by atoms with van der Waals surface area (Å²) in [6, 6.07) is 6.52. The lowest BCUT2D eigenvalue weighted by Crippen LogP contribution is -2.58. The molecule has 0 saturated carbocycles. The van der Waals surface area contributed by atoms with Gasteiger partial charge < -0.3 is 39.6 Å². The van der Waals surface area contributed by atoms with E-state index in [9.17, 15) is 14.7 Å². The second kappa shape index (κ2) is 12.0. The van der Waals surface area contributed by atoms with Crippen LogP contribution in [0.15, 0.2) is 24.3 Å². The molecule has 2 aliphatic heterocycles. The number of hydrogen-bond acceptors (Lipinski definition) is 7. The first-order valence-electron chi connectivity index (χ1n) is 10.9. The second-order valence-electron chi connectivity index (χ2n) is 7.96. The molecular weight excluding hydrogens is 418 g/mol. The standard InChI is InChI=1S/C22H33N3O7/c1-29-10-9-23-21(27)11-16-7-8-18-20(32-16)14-31-13-15(26)12-25(18)22(28)24-17-5-3-4-6-19(17)30-2/h3-6,15-16,18,20,26H,7-14H2,1-2H3,(H,23,27)(H,24,28)/t15-,16+,18+,20-/m0/s1. The molecule has 2 aliphatic rings. The van der Waals surface area contributed by atoms with Crippen LogP contribution in [0.4, 0.5) is 10.5 Å². The summed E-state index contributed by atoms with van der Waals surface area (Å²) in [6.07, 6.45) is 0.0397. The quantitative estimate of drug-likeness (QED) is 0.529. The van der Waals surface area contributed by atoms with Gasteiger partial charge in [0.2, 0.25) is 5.91 Å². The molecule has 0 aromatic heterocycles. The van der Waals surface area contributed by atoms with Crippen molar-refractivity contribution in [3.05, 3.63) is 24.3 Å². The number of nitrogens with zero attached hydrogens (tertiary/aromatic N) is 1. The lowest BCUT2D eigenvalue weighted by atomic mass is 9.95. The summed E-state index contributed by atoms with van der Waals surface area (Å²) >= 11 is 0. The molecular formula is C22H33N3O7. The molecule has 10 heteroatoms. The SMILES string of the molecule is COCCNC(=O)C[C@H]1CC[C@@H]2[C@H](COC[C@@H](O)CN2C(=O)Nc2ccccc2OC)O1. The number of para-hydroxylation sites is 2. The molecule has 10 nitrogen and oxygen atoms in total. The lowest BCUT2D eigenvalue weighted by Gasteiger charge is -2.44. The maximum Gasteiger partial charge on any atom is 0.322 e. The molecule has 1 aromatic rings. The van der Waals surface area contributed by atoms with Crippen molar-refractivity contribution in [2.45, 2.75) is 43.6 Å². The Balaban J connectivity index is 1.66. The van der Waals surface area contributed by atoms with Crippen LogP contribution in [0, 0.1) is 0 Å². The number of fused-ring (bicyclic) bond motifs is 1. The minimum Gasteiger partial charge on any atom is -0.495 e. The molecule has 3 amide bonds. The lowest BCUT2D eigenvalue weighted by molar-refractivity contribution is -0.149. The zero-order chi connectivity index (χ0) is 22.9. The first-order chi connectivity index (χ1) is 15.5. The number of amides is 3. The predicted octanol–water partition coefficient (Wildman–Crippen LogP) is 0.989. The first kappa shape index (κ1) is 24.2. The largest absolute Gasteiger partial charge is 0.495 e. The number of hydrogen-bond donors (Lipinski definition) is 3. The van der Waals surface area contributed by atoms with Crippen LogP contribution < -0.4 is 15.4 Å². The van der Waals surface area contributed by atoms with Crippen LogP contribution in [-0.2, 0) is 19.0 Å². The van der Waals surface area contributed by atoms with E-state index in [1.807, 2.05) is 12.1 Å². The normalized spacial score (nSPS) is 25.8. The Morgan fingerprint density at radius 3 is 2.81 bits per heavy atom. The molecule has 178 valence electrons. The first-order valence-corrected chi connectivity index (χ1v) is 10.9. The van der Waals surface area contributed by atoms with Gasteiger partial charge in [0.25, 0.3) is 0 Å². The summed E-state index contributed by atoms with van der Waals surface area (Å²) in [4.78, 5) is 26.9. The number of aliphatic hydroxyl groups excluding tert-OH is 1. The molecule has 0 bridgehead atoms. The molecule has 4 atom stereocenters. The minimum atomic E-state index is -0.802. The van der Waals surface area contributed by atoms with E-state index in [2.05, 4.69) is 10.6 Å². The number of carbonyl (C=O) groups is 2. The second-order valence-corrected chi connectivity index (χ2v) is 7.96. The van der Waals surface area contributed by atoms with Crippen LogP contribution in [0.5, 0.6) is 5.75 Å². The summed E-state index contributed by atoms with van der Waals surface area (Å²) in [5.41, 5.74) is 0.548. The number of aliphatic hydroxyl groups is 1. The van der Waals surface area contributed by atoms with Crippen LogP contribution in [0.1, 0.15) is 19.3 Å². The molecule has 1 aromatic carbocycles. The third kappa shape index (κ3) is 6.55. The molecule has 2 heterocycles. The van der Waals surface area contributed by atoms with Gasteiger partial charge in [0.05, 0.1) is 63.8 Å². The summed E-state index contributed by atoms with van der Waals surface area (Å²) in [5, 5.41) is 16.0. The van der Waals surface area contributed by atoms with Crippen molar-refractivity contribution in [1.82, 2.24) is 10.2 Å². The van der Waals surface area contributed by atoms with Crippen molar-refractivity contribution < 1.29 is 33.6 Å².